The summed E-state index contributed by atoms with van der Waals surface area (Å²) in [4.78, 5) is 4.62. The number of nitrogens with zero attached hydrogens (tertiary/aromatic N) is 2. The number of aromatic amines is 1. The predicted octanol–water partition coefficient (Wildman–Crippen LogP) is 5.68. The van der Waals surface area contributed by atoms with Crippen molar-refractivity contribution in [1.29, 1.82) is 0 Å². The van der Waals surface area contributed by atoms with Crippen LogP contribution in [0.3, 0.4) is 0 Å². The summed E-state index contributed by atoms with van der Waals surface area (Å²) in [6, 6.07) is 16.0. The smallest absolute Gasteiger partial charge is 0.176 e. The lowest BCUT2D eigenvalue weighted by Gasteiger charge is -2.09. The van der Waals surface area contributed by atoms with Crippen LogP contribution in [0.4, 0.5) is 11.5 Å². The van der Waals surface area contributed by atoms with Crippen LogP contribution in [0.1, 0.15) is 25.3 Å². The highest BCUT2D eigenvalue weighted by Gasteiger charge is 2.09. The number of benzene rings is 2. The third-order valence-corrected chi connectivity index (χ3v) is 5.08. The summed E-state index contributed by atoms with van der Waals surface area (Å²) in [6.07, 6.45) is 1.98. The Labute approximate surface area is 175 Å². The average molecular weight is 411 g/mol. The monoisotopic (exact) mass is 410 g/mol. The number of aromatic nitrogens is 2. The van der Waals surface area contributed by atoms with Gasteiger partial charge in [-0.25, -0.2) is 4.99 Å². The summed E-state index contributed by atoms with van der Waals surface area (Å²) in [5.41, 5.74) is 4.11. The van der Waals surface area contributed by atoms with Crippen LogP contribution >= 0.6 is 11.8 Å². The quantitative estimate of drug-likeness (QED) is 0.404. The summed E-state index contributed by atoms with van der Waals surface area (Å²) in [7, 11) is 3.24. The van der Waals surface area contributed by atoms with E-state index in [0.29, 0.717) is 23.2 Å². The van der Waals surface area contributed by atoms with Gasteiger partial charge in [-0.2, -0.15) is 5.10 Å². The lowest BCUT2D eigenvalue weighted by Crippen LogP contribution is -2.06. The molecule has 0 atom stereocenters. The van der Waals surface area contributed by atoms with Crippen molar-refractivity contribution in [3.63, 3.8) is 0 Å². The Bertz CT molecular complexity index is 981. The fourth-order valence-corrected chi connectivity index (χ4v) is 3.23. The molecule has 3 aromatic rings. The predicted molar refractivity (Wildman–Crippen MR) is 122 cm³/mol. The van der Waals surface area contributed by atoms with Crippen molar-refractivity contribution >= 4 is 28.4 Å². The minimum atomic E-state index is 0.511. The van der Waals surface area contributed by atoms with E-state index in [1.165, 1.54) is 17.3 Å². The summed E-state index contributed by atoms with van der Waals surface area (Å²) in [5.74, 6) is 2.47. The molecular formula is C22H26N4O2S. The van der Waals surface area contributed by atoms with Gasteiger partial charge >= 0.3 is 0 Å². The zero-order valence-corrected chi connectivity index (χ0v) is 18.1. The number of amidine groups is 1. The molecule has 6 nitrogen and oxygen atoms in total. The summed E-state index contributed by atoms with van der Waals surface area (Å²) < 4.78 is 10.7. The van der Waals surface area contributed by atoms with E-state index in [0.717, 1.165) is 22.1 Å². The van der Waals surface area contributed by atoms with Crippen LogP contribution in [0, 0.1) is 0 Å². The van der Waals surface area contributed by atoms with Crippen molar-refractivity contribution in [1.82, 2.24) is 10.2 Å². The molecule has 2 N–H and O–H groups in total. The number of hydrogen-bond acceptors (Lipinski definition) is 5. The second-order valence-corrected chi connectivity index (χ2v) is 7.53. The molecule has 0 aliphatic heterocycles. The maximum atomic E-state index is 5.38. The molecule has 1 heterocycles. The first-order valence-electron chi connectivity index (χ1n) is 9.31. The number of rotatable bonds is 6. The second kappa shape index (κ2) is 9.52. The number of thioether (sulfide) groups is 1. The number of H-pyrrole nitrogens is 1. The Balaban J connectivity index is 1.78. The van der Waals surface area contributed by atoms with Gasteiger partial charge < -0.3 is 14.8 Å². The van der Waals surface area contributed by atoms with Gasteiger partial charge in [0.25, 0.3) is 0 Å². The first-order chi connectivity index (χ1) is 14.0. The minimum absolute atomic E-state index is 0.511. The summed E-state index contributed by atoms with van der Waals surface area (Å²) in [6.45, 7) is 4.37. The van der Waals surface area contributed by atoms with Crippen LogP contribution in [0.25, 0.3) is 11.3 Å². The minimum Gasteiger partial charge on any atom is -0.493 e. The lowest BCUT2D eigenvalue weighted by atomic mass is 10.0. The van der Waals surface area contributed by atoms with Gasteiger partial charge in [-0.15, -0.1) is 0 Å². The molecule has 0 bridgehead atoms. The molecule has 3 rings (SSSR count). The van der Waals surface area contributed by atoms with Crippen molar-refractivity contribution < 1.29 is 9.47 Å². The molecule has 29 heavy (non-hydrogen) atoms. The zero-order valence-electron chi connectivity index (χ0n) is 17.3. The first-order valence-corrected chi connectivity index (χ1v) is 10.5. The molecule has 0 spiro atoms. The Hall–Kier alpha value is -2.93. The molecule has 0 saturated heterocycles. The van der Waals surface area contributed by atoms with Crippen LogP contribution < -0.4 is 14.8 Å². The van der Waals surface area contributed by atoms with E-state index in [4.69, 9.17) is 9.47 Å². The van der Waals surface area contributed by atoms with Crippen molar-refractivity contribution in [3.8, 4) is 22.8 Å². The highest BCUT2D eigenvalue weighted by atomic mass is 32.2. The number of ether oxygens (including phenoxy) is 2. The van der Waals surface area contributed by atoms with Crippen LogP contribution in [-0.4, -0.2) is 35.8 Å². The van der Waals surface area contributed by atoms with Gasteiger partial charge in [0.2, 0.25) is 0 Å². The van der Waals surface area contributed by atoms with Gasteiger partial charge in [0.1, 0.15) is 0 Å². The molecule has 152 valence electrons. The van der Waals surface area contributed by atoms with Crippen LogP contribution in [0.5, 0.6) is 11.5 Å². The molecule has 0 aliphatic rings. The van der Waals surface area contributed by atoms with Crippen molar-refractivity contribution in [3.05, 3.63) is 54.1 Å². The number of anilines is 1. The van der Waals surface area contributed by atoms with Gasteiger partial charge in [0.05, 0.1) is 19.9 Å². The number of methoxy groups -OCH3 is 2. The average Bonchev–Trinajstić information content (AvgIpc) is 3.21. The van der Waals surface area contributed by atoms with Crippen LogP contribution in [0.15, 0.2) is 53.5 Å². The van der Waals surface area contributed by atoms with Crippen molar-refractivity contribution in [2.24, 2.45) is 4.99 Å². The highest BCUT2D eigenvalue weighted by Crippen LogP contribution is 2.32. The summed E-state index contributed by atoms with van der Waals surface area (Å²) in [5, 5.41) is 11.5. The van der Waals surface area contributed by atoms with Gasteiger partial charge in [0.15, 0.2) is 22.5 Å². The largest absolute Gasteiger partial charge is 0.493 e. The number of aliphatic imine (C=N–C) groups is 1. The fraction of sp³-hybridized carbons (Fsp3) is 0.273. The van der Waals surface area contributed by atoms with Crippen LogP contribution in [0.2, 0.25) is 0 Å². The molecule has 7 heteroatoms. The van der Waals surface area contributed by atoms with E-state index in [1.54, 1.807) is 14.2 Å². The molecule has 1 aromatic heterocycles. The molecule has 0 amide bonds. The van der Waals surface area contributed by atoms with E-state index in [1.807, 2.05) is 30.5 Å². The first kappa shape index (κ1) is 20.8. The van der Waals surface area contributed by atoms with Crippen LogP contribution in [-0.2, 0) is 0 Å². The third-order valence-electron chi connectivity index (χ3n) is 4.50. The Morgan fingerprint density at radius 1 is 1.03 bits per heavy atom. The van der Waals surface area contributed by atoms with Gasteiger partial charge in [-0.3, -0.25) is 5.10 Å². The summed E-state index contributed by atoms with van der Waals surface area (Å²) >= 11 is 1.53. The normalized spacial score (nSPS) is 11.6. The Kier molecular flexibility index (Phi) is 6.82. The molecule has 0 radical (unpaired) electrons. The Morgan fingerprint density at radius 3 is 2.38 bits per heavy atom. The van der Waals surface area contributed by atoms with Gasteiger partial charge in [-0.05, 0) is 48.1 Å². The van der Waals surface area contributed by atoms with Gasteiger partial charge in [-0.1, -0.05) is 37.7 Å². The maximum absolute atomic E-state index is 5.38. The molecule has 0 saturated carbocycles. The highest BCUT2D eigenvalue weighted by molar-refractivity contribution is 8.13. The van der Waals surface area contributed by atoms with Crippen molar-refractivity contribution in [2.75, 3.05) is 25.8 Å². The zero-order chi connectivity index (χ0) is 20.8. The van der Waals surface area contributed by atoms with E-state index in [-0.39, 0.29) is 0 Å². The number of nitrogens with one attached hydrogen (secondary N) is 2. The van der Waals surface area contributed by atoms with E-state index in [2.05, 4.69) is 58.6 Å². The maximum Gasteiger partial charge on any atom is 0.176 e. The van der Waals surface area contributed by atoms with Gasteiger partial charge in [0, 0.05) is 17.3 Å². The molecule has 0 fully saturated rings. The molecular weight excluding hydrogens is 384 g/mol. The van der Waals surface area contributed by atoms with E-state index in [9.17, 15) is 0 Å². The third kappa shape index (κ3) is 5.12. The SMILES string of the molecule is COc1ccc(-c2cc(N=C(Nc3ccc(C(C)C)cc3)SC)n[nH]2)cc1OC. The van der Waals surface area contributed by atoms with E-state index < -0.39 is 0 Å². The lowest BCUT2D eigenvalue weighted by molar-refractivity contribution is 0.355. The number of hydrogen-bond donors (Lipinski definition) is 2. The molecule has 2 aromatic carbocycles. The fourth-order valence-electron chi connectivity index (χ4n) is 2.82. The topological polar surface area (TPSA) is 71.5 Å². The molecule has 0 aliphatic carbocycles. The Morgan fingerprint density at radius 2 is 1.76 bits per heavy atom. The molecule has 0 unspecified atom stereocenters. The standard InChI is InChI=1S/C22H26N4O2S/c1-14(2)15-6-9-17(10-7-15)23-22(29-5)24-21-13-18(25-26-21)16-8-11-19(27-3)20(12-16)28-4/h6-14H,1-5H3,(H2,23,24,25,26). The van der Waals surface area contributed by atoms with E-state index >= 15 is 0 Å². The second-order valence-electron chi connectivity index (χ2n) is 6.73. The van der Waals surface area contributed by atoms with Crippen molar-refractivity contribution in [2.45, 2.75) is 19.8 Å².